The Labute approximate surface area is 153 Å². The van der Waals surface area contributed by atoms with E-state index in [9.17, 15) is 4.79 Å². The third-order valence-electron chi connectivity index (χ3n) is 4.38. The molecule has 1 fully saturated rings. The molecule has 0 bridgehead atoms. The number of morpholine rings is 1. The summed E-state index contributed by atoms with van der Waals surface area (Å²) in [7, 11) is 3.20. The highest BCUT2D eigenvalue weighted by Crippen LogP contribution is 2.26. The number of nitrogens with zero attached hydrogens (tertiary/aromatic N) is 1. The van der Waals surface area contributed by atoms with Gasteiger partial charge in [-0.3, -0.25) is 4.79 Å². The molecule has 1 heterocycles. The fourth-order valence-corrected chi connectivity index (χ4v) is 2.88. The van der Waals surface area contributed by atoms with Gasteiger partial charge < -0.3 is 19.1 Å². The van der Waals surface area contributed by atoms with Crippen molar-refractivity contribution in [3.8, 4) is 11.5 Å². The first kappa shape index (κ1) is 18.0. The predicted octanol–water partition coefficient (Wildman–Crippen LogP) is 3.44. The fourth-order valence-electron chi connectivity index (χ4n) is 2.88. The molecular formula is C21H23NO4. The lowest BCUT2D eigenvalue weighted by Crippen LogP contribution is -2.36. The molecule has 0 aliphatic carbocycles. The van der Waals surface area contributed by atoms with Crippen LogP contribution in [0.2, 0.25) is 0 Å². The van der Waals surface area contributed by atoms with E-state index in [0.717, 1.165) is 37.6 Å². The van der Waals surface area contributed by atoms with Crippen molar-refractivity contribution in [1.29, 1.82) is 0 Å². The maximum absolute atomic E-state index is 12.4. The minimum atomic E-state index is -0.0450. The molecule has 1 aliphatic heterocycles. The molecule has 0 spiro atoms. The van der Waals surface area contributed by atoms with E-state index in [2.05, 4.69) is 4.90 Å². The zero-order chi connectivity index (χ0) is 18.4. The SMILES string of the molecule is COc1ccc(/C=C/C(=O)c2ccc(N3CCOCC3)cc2)c(OC)c1. The second kappa shape index (κ2) is 8.54. The molecule has 3 rings (SSSR count). The van der Waals surface area contributed by atoms with Gasteiger partial charge in [0, 0.05) is 36.0 Å². The molecule has 2 aromatic rings. The monoisotopic (exact) mass is 353 g/mol. The summed E-state index contributed by atoms with van der Waals surface area (Å²) >= 11 is 0. The van der Waals surface area contributed by atoms with Crippen LogP contribution in [-0.4, -0.2) is 46.3 Å². The van der Waals surface area contributed by atoms with E-state index in [4.69, 9.17) is 14.2 Å². The van der Waals surface area contributed by atoms with E-state index >= 15 is 0 Å². The van der Waals surface area contributed by atoms with Gasteiger partial charge in [0.25, 0.3) is 0 Å². The van der Waals surface area contributed by atoms with Gasteiger partial charge >= 0.3 is 0 Å². The van der Waals surface area contributed by atoms with Crippen LogP contribution in [-0.2, 0) is 4.74 Å². The number of hydrogen-bond donors (Lipinski definition) is 0. The van der Waals surface area contributed by atoms with Crippen molar-refractivity contribution >= 4 is 17.5 Å². The molecule has 1 aliphatic rings. The third kappa shape index (κ3) is 4.24. The number of ether oxygens (including phenoxy) is 3. The minimum absolute atomic E-state index is 0.0450. The molecule has 5 nitrogen and oxygen atoms in total. The van der Waals surface area contributed by atoms with Crippen molar-refractivity contribution in [3.63, 3.8) is 0 Å². The first-order valence-electron chi connectivity index (χ1n) is 8.58. The number of methoxy groups -OCH3 is 2. The van der Waals surface area contributed by atoms with Gasteiger partial charge in [-0.05, 0) is 48.6 Å². The van der Waals surface area contributed by atoms with Gasteiger partial charge in [-0.2, -0.15) is 0 Å². The van der Waals surface area contributed by atoms with Crippen molar-refractivity contribution in [2.45, 2.75) is 0 Å². The summed E-state index contributed by atoms with van der Waals surface area (Å²) in [5, 5.41) is 0. The van der Waals surface area contributed by atoms with Crippen molar-refractivity contribution in [3.05, 3.63) is 59.7 Å². The van der Waals surface area contributed by atoms with Crippen LogP contribution in [0, 0.1) is 0 Å². The molecule has 0 radical (unpaired) electrons. The van der Waals surface area contributed by atoms with Gasteiger partial charge in [-0.15, -0.1) is 0 Å². The fraction of sp³-hybridized carbons (Fsp3) is 0.286. The highest BCUT2D eigenvalue weighted by molar-refractivity contribution is 6.07. The molecule has 0 unspecified atom stereocenters. The van der Waals surface area contributed by atoms with E-state index in [1.807, 2.05) is 36.4 Å². The van der Waals surface area contributed by atoms with Gasteiger partial charge in [0.2, 0.25) is 0 Å². The molecule has 26 heavy (non-hydrogen) atoms. The van der Waals surface area contributed by atoms with Crippen LogP contribution in [0.5, 0.6) is 11.5 Å². The Kier molecular flexibility index (Phi) is 5.92. The Balaban J connectivity index is 1.70. The molecule has 136 valence electrons. The highest BCUT2D eigenvalue weighted by Gasteiger charge is 2.11. The van der Waals surface area contributed by atoms with Gasteiger partial charge in [0.15, 0.2) is 5.78 Å². The van der Waals surface area contributed by atoms with E-state index in [1.54, 1.807) is 32.4 Å². The Bertz CT molecular complexity index is 777. The molecule has 0 amide bonds. The number of anilines is 1. The topological polar surface area (TPSA) is 48.0 Å². The van der Waals surface area contributed by atoms with Crippen molar-refractivity contribution in [2.24, 2.45) is 0 Å². The minimum Gasteiger partial charge on any atom is -0.497 e. The van der Waals surface area contributed by atoms with E-state index in [1.165, 1.54) is 0 Å². The third-order valence-corrected chi connectivity index (χ3v) is 4.38. The van der Waals surface area contributed by atoms with E-state index in [-0.39, 0.29) is 5.78 Å². The summed E-state index contributed by atoms with van der Waals surface area (Å²) in [5.74, 6) is 1.33. The van der Waals surface area contributed by atoms with Gasteiger partial charge in [0.1, 0.15) is 11.5 Å². The largest absolute Gasteiger partial charge is 0.497 e. The van der Waals surface area contributed by atoms with Crippen LogP contribution in [0.3, 0.4) is 0 Å². The Hall–Kier alpha value is -2.79. The van der Waals surface area contributed by atoms with Crippen LogP contribution in [0.1, 0.15) is 15.9 Å². The second-order valence-corrected chi connectivity index (χ2v) is 5.95. The number of rotatable bonds is 6. The summed E-state index contributed by atoms with van der Waals surface area (Å²) < 4.78 is 15.9. The maximum Gasteiger partial charge on any atom is 0.185 e. The average molecular weight is 353 g/mol. The molecule has 0 saturated carbocycles. The summed E-state index contributed by atoms with van der Waals surface area (Å²) in [5.41, 5.74) is 2.60. The van der Waals surface area contributed by atoms with Crippen LogP contribution in [0.25, 0.3) is 6.08 Å². The highest BCUT2D eigenvalue weighted by atomic mass is 16.5. The first-order chi connectivity index (χ1) is 12.7. The quantitative estimate of drug-likeness (QED) is 0.588. The van der Waals surface area contributed by atoms with Gasteiger partial charge in [-0.25, -0.2) is 0 Å². The smallest absolute Gasteiger partial charge is 0.185 e. The number of carbonyl (C=O) groups excluding carboxylic acids is 1. The van der Waals surface area contributed by atoms with Crippen LogP contribution in [0.15, 0.2) is 48.5 Å². The standard InChI is InChI=1S/C21H23NO4/c1-24-19-9-5-17(21(15-19)25-2)6-10-20(23)16-3-7-18(8-4-16)22-11-13-26-14-12-22/h3-10,15H,11-14H2,1-2H3/b10-6+. The lowest BCUT2D eigenvalue weighted by molar-refractivity contribution is 0.104. The number of allylic oxidation sites excluding steroid dienone is 1. The zero-order valence-electron chi connectivity index (χ0n) is 15.1. The van der Waals surface area contributed by atoms with Gasteiger partial charge in [0.05, 0.1) is 27.4 Å². The molecule has 1 saturated heterocycles. The predicted molar refractivity (Wildman–Crippen MR) is 102 cm³/mol. The normalized spacial score (nSPS) is 14.5. The maximum atomic E-state index is 12.4. The van der Waals surface area contributed by atoms with Crippen LogP contribution in [0.4, 0.5) is 5.69 Å². The lowest BCUT2D eigenvalue weighted by atomic mass is 10.1. The average Bonchev–Trinajstić information content (AvgIpc) is 2.72. The summed E-state index contributed by atoms with van der Waals surface area (Å²) in [6, 6.07) is 13.2. The van der Waals surface area contributed by atoms with Crippen molar-refractivity contribution in [2.75, 3.05) is 45.4 Å². The first-order valence-corrected chi connectivity index (χ1v) is 8.58. The van der Waals surface area contributed by atoms with Crippen LogP contribution < -0.4 is 14.4 Å². The Morgan fingerprint density at radius 3 is 2.42 bits per heavy atom. The molecule has 2 aromatic carbocycles. The number of ketones is 1. The Morgan fingerprint density at radius 2 is 1.77 bits per heavy atom. The van der Waals surface area contributed by atoms with Crippen molar-refractivity contribution in [1.82, 2.24) is 0 Å². The summed E-state index contributed by atoms with van der Waals surface area (Å²) in [6.45, 7) is 3.25. The summed E-state index contributed by atoms with van der Waals surface area (Å²) in [4.78, 5) is 14.7. The zero-order valence-corrected chi connectivity index (χ0v) is 15.1. The van der Waals surface area contributed by atoms with Crippen molar-refractivity contribution < 1.29 is 19.0 Å². The lowest BCUT2D eigenvalue weighted by Gasteiger charge is -2.28. The van der Waals surface area contributed by atoms with Gasteiger partial charge in [-0.1, -0.05) is 0 Å². The van der Waals surface area contributed by atoms with E-state index < -0.39 is 0 Å². The molecule has 0 N–H and O–H groups in total. The van der Waals surface area contributed by atoms with Crippen LogP contribution >= 0.6 is 0 Å². The second-order valence-electron chi connectivity index (χ2n) is 5.95. The molecular weight excluding hydrogens is 330 g/mol. The molecule has 0 atom stereocenters. The number of benzene rings is 2. The van der Waals surface area contributed by atoms with E-state index in [0.29, 0.717) is 17.1 Å². The Morgan fingerprint density at radius 1 is 1.04 bits per heavy atom. The molecule has 5 heteroatoms. The number of carbonyl (C=O) groups is 1. The number of hydrogen-bond acceptors (Lipinski definition) is 5. The molecule has 0 aromatic heterocycles. The summed E-state index contributed by atoms with van der Waals surface area (Å²) in [6.07, 6.45) is 3.32.